The first kappa shape index (κ1) is 19.2. The van der Waals surface area contributed by atoms with Crippen molar-refractivity contribution in [1.29, 1.82) is 0 Å². The first-order chi connectivity index (χ1) is 9.79. The Morgan fingerprint density at radius 1 is 0.800 bits per heavy atom. The maximum Gasteiger partial charge on any atom is -0.0132 e. The minimum atomic E-state index is 0.680. The van der Waals surface area contributed by atoms with E-state index in [1.54, 1.807) is 5.92 Å². The normalized spacial score (nSPS) is 12.3. The molecule has 1 unspecified atom stereocenters. The van der Waals surface area contributed by atoms with Gasteiger partial charge < -0.3 is 0 Å². The Morgan fingerprint density at radius 3 is 1.85 bits per heavy atom. The molecule has 1 atom stereocenters. The fraction of sp³-hybridized carbons (Fsp3) is 0.650. The van der Waals surface area contributed by atoms with Gasteiger partial charge in [-0.15, -0.1) is 19.7 Å². The highest BCUT2D eigenvalue weighted by molar-refractivity contribution is 5.06. The van der Waals surface area contributed by atoms with Crippen molar-refractivity contribution in [3.63, 3.8) is 0 Å². The summed E-state index contributed by atoms with van der Waals surface area (Å²) >= 11 is 0. The van der Waals surface area contributed by atoms with E-state index in [4.69, 9.17) is 0 Å². The highest BCUT2D eigenvalue weighted by Gasteiger charge is 2.18. The number of hydrogen-bond acceptors (Lipinski definition) is 0. The van der Waals surface area contributed by atoms with Crippen molar-refractivity contribution >= 4 is 0 Å². The maximum atomic E-state index is 3.92. The van der Waals surface area contributed by atoms with Crippen LogP contribution in [0.2, 0.25) is 0 Å². The van der Waals surface area contributed by atoms with E-state index in [-0.39, 0.29) is 0 Å². The second-order valence-electron chi connectivity index (χ2n) is 5.78. The lowest BCUT2D eigenvalue weighted by Gasteiger charge is -2.24. The molecule has 0 aliphatic rings. The average molecular weight is 275 g/mol. The van der Waals surface area contributed by atoms with Crippen LogP contribution in [-0.2, 0) is 0 Å². The van der Waals surface area contributed by atoms with Gasteiger partial charge in [0.25, 0.3) is 0 Å². The van der Waals surface area contributed by atoms with Crippen LogP contribution in [0.25, 0.3) is 0 Å². The van der Waals surface area contributed by atoms with E-state index < -0.39 is 0 Å². The van der Waals surface area contributed by atoms with Gasteiger partial charge >= 0.3 is 0 Å². The van der Waals surface area contributed by atoms with E-state index in [2.05, 4.69) is 32.7 Å². The first-order valence-electron chi connectivity index (χ1n) is 8.47. The topological polar surface area (TPSA) is 0 Å². The molecule has 0 saturated heterocycles. The van der Waals surface area contributed by atoms with Crippen molar-refractivity contribution in [2.75, 3.05) is 0 Å². The predicted molar refractivity (Wildman–Crippen MR) is 93.8 cm³/mol. The van der Waals surface area contributed by atoms with E-state index in [0.717, 1.165) is 19.3 Å². The van der Waals surface area contributed by atoms with Crippen LogP contribution in [0.1, 0.15) is 77.6 Å². The summed E-state index contributed by atoms with van der Waals surface area (Å²) in [6.45, 7) is 14.0. The Bertz CT molecular complexity index is 228. The fourth-order valence-corrected chi connectivity index (χ4v) is 2.83. The van der Waals surface area contributed by atoms with E-state index in [0.29, 0.717) is 5.92 Å². The lowest BCUT2D eigenvalue weighted by atomic mass is 9.81. The van der Waals surface area contributed by atoms with E-state index in [9.17, 15) is 0 Å². The lowest BCUT2D eigenvalue weighted by Crippen LogP contribution is -2.11. The molecule has 0 aromatic rings. The van der Waals surface area contributed by atoms with Crippen LogP contribution in [-0.4, -0.2) is 0 Å². The molecule has 1 radical (unpaired) electrons. The molecular weight excluding hydrogens is 240 g/mol. The zero-order valence-corrected chi connectivity index (χ0v) is 13.7. The molecule has 0 rings (SSSR count). The summed E-state index contributed by atoms with van der Waals surface area (Å²) in [6.07, 6.45) is 20.3. The Kier molecular flexibility index (Phi) is 14.1. The minimum Gasteiger partial charge on any atom is -0.103 e. The van der Waals surface area contributed by atoms with Crippen molar-refractivity contribution in [2.24, 2.45) is 5.92 Å². The van der Waals surface area contributed by atoms with Crippen molar-refractivity contribution < 1.29 is 0 Å². The van der Waals surface area contributed by atoms with Gasteiger partial charge in [-0.05, 0) is 37.5 Å². The summed E-state index contributed by atoms with van der Waals surface area (Å²) in [7, 11) is 0. The van der Waals surface area contributed by atoms with Crippen molar-refractivity contribution in [3.05, 3.63) is 43.9 Å². The van der Waals surface area contributed by atoms with Gasteiger partial charge in [0.15, 0.2) is 0 Å². The summed E-state index contributed by atoms with van der Waals surface area (Å²) in [5.74, 6) is 2.26. The number of hydrogen-bond donors (Lipinski definition) is 0. The van der Waals surface area contributed by atoms with Gasteiger partial charge in [-0.1, -0.05) is 70.1 Å². The predicted octanol–water partition coefficient (Wildman–Crippen LogP) is 7.05. The maximum absolute atomic E-state index is 3.92. The van der Waals surface area contributed by atoms with Crippen LogP contribution in [0.4, 0.5) is 0 Å². The van der Waals surface area contributed by atoms with Crippen LogP contribution < -0.4 is 0 Å². The highest BCUT2D eigenvalue weighted by atomic mass is 14.2. The summed E-state index contributed by atoms with van der Waals surface area (Å²) < 4.78 is 0. The van der Waals surface area contributed by atoms with Crippen LogP contribution in [0.3, 0.4) is 0 Å². The summed E-state index contributed by atoms with van der Waals surface area (Å²) in [5, 5.41) is 0. The molecule has 0 aromatic heterocycles. The third-order valence-corrected chi connectivity index (χ3v) is 4.00. The Labute approximate surface area is 128 Å². The molecule has 0 aliphatic heterocycles. The number of rotatable bonds is 15. The first-order valence-corrected chi connectivity index (χ1v) is 8.47. The van der Waals surface area contributed by atoms with Gasteiger partial charge in [-0.25, -0.2) is 0 Å². The van der Waals surface area contributed by atoms with E-state index >= 15 is 0 Å². The highest BCUT2D eigenvalue weighted by Crippen LogP contribution is 2.31. The second kappa shape index (κ2) is 14.6. The van der Waals surface area contributed by atoms with E-state index in [1.165, 1.54) is 51.4 Å². The molecule has 0 heteroatoms. The van der Waals surface area contributed by atoms with Gasteiger partial charge in [0, 0.05) is 0 Å². The number of allylic oxidation sites excluding steroid dienone is 3. The number of unbranched alkanes of at least 4 members (excludes halogenated alkanes) is 6. The van der Waals surface area contributed by atoms with E-state index in [1.807, 2.05) is 12.2 Å². The molecule has 0 N–H and O–H groups in total. The minimum absolute atomic E-state index is 0.680. The van der Waals surface area contributed by atoms with Crippen molar-refractivity contribution in [3.8, 4) is 0 Å². The molecule has 0 fully saturated rings. The molecule has 0 heterocycles. The molecule has 0 aliphatic carbocycles. The van der Waals surface area contributed by atoms with Gasteiger partial charge in [0.05, 0.1) is 0 Å². The third kappa shape index (κ3) is 10.1. The van der Waals surface area contributed by atoms with Crippen molar-refractivity contribution in [2.45, 2.75) is 77.6 Å². The van der Waals surface area contributed by atoms with Crippen molar-refractivity contribution in [1.82, 2.24) is 0 Å². The largest absolute Gasteiger partial charge is 0.103 e. The van der Waals surface area contributed by atoms with Crippen LogP contribution in [0.15, 0.2) is 38.0 Å². The molecule has 0 spiro atoms. The summed E-state index contributed by atoms with van der Waals surface area (Å²) in [4.78, 5) is 0. The molecule has 20 heavy (non-hydrogen) atoms. The molecule has 0 amide bonds. The van der Waals surface area contributed by atoms with Gasteiger partial charge in [0.1, 0.15) is 0 Å². The summed E-state index contributed by atoms with van der Waals surface area (Å²) in [5.41, 5.74) is 0. The van der Waals surface area contributed by atoms with Gasteiger partial charge in [0.2, 0.25) is 0 Å². The molecule has 0 saturated carbocycles. The molecule has 115 valence electrons. The molecule has 0 bridgehead atoms. The van der Waals surface area contributed by atoms with Crippen LogP contribution in [0.5, 0.6) is 0 Å². The van der Waals surface area contributed by atoms with Gasteiger partial charge in [-0.3, -0.25) is 0 Å². The quantitative estimate of drug-likeness (QED) is 0.222. The Hall–Kier alpha value is -0.780. The Morgan fingerprint density at radius 2 is 1.35 bits per heavy atom. The SMILES string of the molecule is C=CC[C](CC=C)C(CC=C)CCCCCCCCC. The fourth-order valence-electron chi connectivity index (χ4n) is 2.83. The van der Waals surface area contributed by atoms with Crippen LogP contribution in [0, 0.1) is 11.8 Å². The smallest absolute Gasteiger partial charge is 0.0132 e. The Balaban J connectivity index is 3.95. The molecule has 0 aromatic carbocycles. The zero-order chi connectivity index (χ0) is 15.1. The monoisotopic (exact) mass is 275 g/mol. The molecular formula is C20H35. The van der Waals surface area contributed by atoms with Crippen LogP contribution >= 0.6 is 0 Å². The summed E-state index contributed by atoms with van der Waals surface area (Å²) in [6, 6.07) is 0. The standard InChI is InChI=1S/C20H35/c1-5-9-10-11-12-13-14-18-20(17-8-4)19(15-6-2)16-7-3/h6-8,20H,2-5,9-18H2,1H3. The molecule has 0 nitrogen and oxygen atoms in total. The second-order valence-corrected chi connectivity index (χ2v) is 5.78. The third-order valence-electron chi connectivity index (χ3n) is 4.00. The lowest BCUT2D eigenvalue weighted by molar-refractivity contribution is 0.449. The average Bonchev–Trinajstić information content (AvgIpc) is 2.45. The zero-order valence-electron chi connectivity index (χ0n) is 13.7. The van der Waals surface area contributed by atoms with Gasteiger partial charge in [-0.2, -0.15) is 0 Å².